The van der Waals surface area contributed by atoms with Crippen LogP contribution in [-0.2, 0) is 0 Å². The van der Waals surface area contributed by atoms with Gasteiger partial charge >= 0.3 is 0 Å². The van der Waals surface area contributed by atoms with E-state index in [2.05, 4.69) is 10.3 Å². The molecule has 1 aliphatic heterocycles. The molecule has 4 rings (SSSR count). The van der Waals surface area contributed by atoms with E-state index in [9.17, 15) is 4.79 Å². The van der Waals surface area contributed by atoms with Crippen molar-refractivity contribution in [3.8, 4) is 11.5 Å². The van der Waals surface area contributed by atoms with Crippen molar-refractivity contribution in [2.24, 2.45) is 0 Å². The summed E-state index contributed by atoms with van der Waals surface area (Å²) < 4.78 is 10.9. The summed E-state index contributed by atoms with van der Waals surface area (Å²) in [6.07, 6.45) is 3.52. The SMILES string of the molecule is COc1cccc(OC)c1C(=O)N1CCC[C@H]1c1cc(Nc2ncccc2C)cc(C)n1. The van der Waals surface area contributed by atoms with Crippen molar-refractivity contribution < 1.29 is 14.3 Å². The molecule has 1 aliphatic rings. The third kappa shape index (κ3) is 4.23. The highest BCUT2D eigenvalue weighted by molar-refractivity contribution is 6.00. The Morgan fingerprint density at radius 1 is 1.09 bits per heavy atom. The lowest BCUT2D eigenvalue weighted by Crippen LogP contribution is -2.31. The Morgan fingerprint density at radius 3 is 2.53 bits per heavy atom. The van der Waals surface area contributed by atoms with E-state index in [-0.39, 0.29) is 11.9 Å². The Hall–Kier alpha value is -3.61. The Labute approximate surface area is 188 Å². The van der Waals surface area contributed by atoms with Gasteiger partial charge in [-0.25, -0.2) is 4.98 Å². The molecule has 3 aromatic rings. The number of rotatable bonds is 6. The number of aromatic nitrogens is 2. The Morgan fingerprint density at radius 2 is 1.84 bits per heavy atom. The van der Waals surface area contributed by atoms with Gasteiger partial charge in [-0.15, -0.1) is 0 Å². The summed E-state index contributed by atoms with van der Waals surface area (Å²) in [5.41, 5.74) is 4.15. The molecular formula is C25H28N4O3. The first-order valence-electron chi connectivity index (χ1n) is 10.7. The number of ether oxygens (including phenoxy) is 2. The Bertz CT molecular complexity index is 1110. The third-order valence-corrected chi connectivity index (χ3v) is 5.74. The highest BCUT2D eigenvalue weighted by Gasteiger charge is 2.34. The van der Waals surface area contributed by atoms with Gasteiger partial charge in [-0.05, 0) is 62.6 Å². The summed E-state index contributed by atoms with van der Waals surface area (Å²) in [6, 6.07) is 13.2. The lowest BCUT2D eigenvalue weighted by Gasteiger charge is -2.26. The first kappa shape index (κ1) is 21.6. The minimum absolute atomic E-state index is 0.111. The predicted octanol–water partition coefficient (Wildman–Crippen LogP) is 4.83. The summed E-state index contributed by atoms with van der Waals surface area (Å²) in [4.78, 5) is 24.7. The molecule has 1 atom stereocenters. The van der Waals surface area contributed by atoms with E-state index in [0.717, 1.165) is 41.3 Å². The van der Waals surface area contributed by atoms with E-state index < -0.39 is 0 Å². The van der Waals surface area contributed by atoms with Crippen molar-refractivity contribution in [1.82, 2.24) is 14.9 Å². The van der Waals surface area contributed by atoms with E-state index in [1.54, 1.807) is 32.5 Å². The van der Waals surface area contributed by atoms with Gasteiger partial charge in [0.15, 0.2) is 0 Å². The molecule has 1 saturated heterocycles. The minimum Gasteiger partial charge on any atom is -0.496 e. The lowest BCUT2D eigenvalue weighted by molar-refractivity contribution is 0.0725. The van der Waals surface area contributed by atoms with Gasteiger partial charge in [0, 0.05) is 24.1 Å². The molecule has 7 nitrogen and oxygen atoms in total. The summed E-state index contributed by atoms with van der Waals surface area (Å²) in [5.74, 6) is 1.71. The summed E-state index contributed by atoms with van der Waals surface area (Å²) in [5, 5.41) is 3.39. The van der Waals surface area contributed by atoms with Crippen LogP contribution >= 0.6 is 0 Å². The molecule has 1 amide bonds. The van der Waals surface area contributed by atoms with Gasteiger partial charge in [-0.1, -0.05) is 12.1 Å². The maximum atomic E-state index is 13.6. The fourth-order valence-electron chi connectivity index (χ4n) is 4.21. The molecular weight excluding hydrogens is 404 g/mol. The number of carbonyl (C=O) groups is 1. The number of hydrogen-bond donors (Lipinski definition) is 1. The van der Waals surface area contributed by atoms with Crippen LogP contribution in [0.1, 0.15) is 46.2 Å². The van der Waals surface area contributed by atoms with Crippen LogP contribution in [0.25, 0.3) is 0 Å². The molecule has 1 aromatic carbocycles. The zero-order chi connectivity index (χ0) is 22.7. The number of benzene rings is 1. The number of anilines is 2. The molecule has 0 radical (unpaired) electrons. The molecule has 0 spiro atoms. The monoisotopic (exact) mass is 432 g/mol. The number of likely N-dealkylation sites (tertiary alicyclic amines) is 1. The van der Waals surface area contributed by atoms with E-state index in [4.69, 9.17) is 14.5 Å². The standard InChI is InChI=1S/C25H28N4O3/c1-16-8-6-12-26-24(16)28-18-14-17(2)27-19(15-18)20-9-7-13-29(20)25(30)23-21(31-3)10-5-11-22(23)32-4/h5-6,8,10-12,14-15,20H,7,9,13H2,1-4H3,(H,26,27,28)/t20-/m0/s1. The summed E-state index contributed by atoms with van der Waals surface area (Å²) >= 11 is 0. The van der Waals surface area contributed by atoms with E-state index >= 15 is 0 Å². The Kier molecular flexibility index (Phi) is 6.25. The molecule has 0 unspecified atom stereocenters. The maximum Gasteiger partial charge on any atom is 0.261 e. The second kappa shape index (κ2) is 9.26. The molecule has 32 heavy (non-hydrogen) atoms. The zero-order valence-electron chi connectivity index (χ0n) is 18.9. The van der Waals surface area contributed by atoms with Crippen LogP contribution in [0.3, 0.4) is 0 Å². The number of nitrogens with zero attached hydrogens (tertiary/aromatic N) is 3. The molecule has 0 aliphatic carbocycles. The molecule has 7 heteroatoms. The van der Waals surface area contributed by atoms with E-state index in [0.29, 0.717) is 23.6 Å². The fraction of sp³-hybridized carbons (Fsp3) is 0.320. The van der Waals surface area contributed by atoms with Crippen LogP contribution in [-0.4, -0.2) is 41.5 Å². The van der Waals surface area contributed by atoms with Crippen molar-refractivity contribution in [3.05, 3.63) is 71.2 Å². The first-order chi connectivity index (χ1) is 15.5. The molecule has 0 bridgehead atoms. The number of aryl methyl sites for hydroxylation is 2. The number of amides is 1. The second-order valence-corrected chi connectivity index (χ2v) is 7.91. The van der Waals surface area contributed by atoms with Crippen molar-refractivity contribution in [2.75, 3.05) is 26.1 Å². The van der Waals surface area contributed by atoms with E-state index in [1.807, 2.05) is 49.1 Å². The fourth-order valence-corrected chi connectivity index (χ4v) is 4.21. The van der Waals surface area contributed by atoms with Crippen molar-refractivity contribution in [3.63, 3.8) is 0 Å². The zero-order valence-corrected chi connectivity index (χ0v) is 18.9. The number of pyridine rings is 2. The van der Waals surface area contributed by atoms with Crippen LogP contribution in [0.4, 0.5) is 11.5 Å². The van der Waals surface area contributed by atoms with Gasteiger partial charge in [0.1, 0.15) is 22.9 Å². The van der Waals surface area contributed by atoms with Crippen LogP contribution in [0.5, 0.6) is 11.5 Å². The van der Waals surface area contributed by atoms with Gasteiger partial charge in [-0.2, -0.15) is 0 Å². The largest absolute Gasteiger partial charge is 0.496 e. The van der Waals surface area contributed by atoms with Crippen molar-refractivity contribution >= 4 is 17.4 Å². The number of hydrogen-bond acceptors (Lipinski definition) is 6. The van der Waals surface area contributed by atoms with Gasteiger partial charge in [0.25, 0.3) is 5.91 Å². The molecule has 0 saturated carbocycles. The minimum atomic E-state index is -0.123. The van der Waals surface area contributed by atoms with Crippen molar-refractivity contribution in [1.29, 1.82) is 0 Å². The quantitative estimate of drug-likeness (QED) is 0.601. The van der Waals surface area contributed by atoms with Gasteiger partial charge < -0.3 is 19.7 Å². The molecule has 1 fully saturated rings. The average Bonchev–Trinajstić information content (AvgIpc) is 3.29. The molecule has 3 heterocycles. The lowest BCUT2D eigenvalue weighted by atomic mass is 10.1. The topological polar surface area (TPSA) is 76.6 Å². The Balaban J connectivity index is 1.66. The van der Waals surface area contributed by atoms with Crippen LogP contribution < -0.4 is 14.8 Å². The van der Waals surface area contributed by atoms with Crippen LogP contribution in [0, 0.1) is 13.8 Å². The third-order valence-electron chi connectivity index (χ3n) is 5.74. The smallest absolute Gasteiger partial charge is 0.261 e. The van der Waals surface area contributed by atoms with Crippen LogP contribution in [0.2, 0.25) is 0 Å². The predicted molar refractivity (Wildman–Crippen MR) is 124 cm³/mol. The summed E-state index contributed by atoms with van der Waals surface area (Å²) in [6.45, 7) is 4.63. The first-order valence-corrected chi connectivity index (χ1v) is 10.7. The maximum absolute atomic E-state index is 13.6. The number of nitrogens with one attached hydrogen (secondary N) is 1. The van der Waals surface area contributed by atoms with Gasteiger partial charge in [0.2, 0.25) is 0 Å². The van der Waals surface area contributed by atoms with E-state index in [1.165, 1.54) is 0 Å². The summed E-state index contributed by atoms with van der Waals surface area (Å²) in [7, 11) is 3.12. The molecule has 1 N–H and O–H groups in total. The molecule has 2 aromatic heterocycles. The highest BCUT2D eigenvalue weighted by Crippen LogP contribution is 2.37. The average molecular weight is 433 g/mol. The van der Waals surface area contributed by atoms with Crippen LogP contribution in [0.15, 0.2) is 48.7 Å². The second-order valence-electron chi connectivity index (χ2n) is 7.91. The van der Waals surface area contributed by atoms with Gasteiger partial charge in [0.05, 0.1) is 26.0 Å². The highest BCUT2D eigenvalue weighted by atomic mass is 16.5. The molecule has 166 valence electrons. The van der Waals surface area contributed by atoms with Gasteiger partial charge in [-0.3, -0.25) is 9.78 Å². The van der Waals surface area contributed by atoms with Crippen molar-refractivity contribution in [2.45, 2.75) is 32.7 Å². The number of carbonyl (C=O) groups excluding carboxylic acids is 1. The normalized spacial score (nSPS) is 15.5. The number of methoxy groups -OCH3 is 2.